The maximum absolute atomic E-state index is 14.0. The van der Waals surface area contributed by atoms with Crippen molar-refractivity contribution in [1.29, 1.82) is 0 Å². The highest BCUT2D eigenvalue weighted by Gasteiger charge is 2.25. The van der Waals surface area contributed by atoms with E-state index in [1.807, 2.05) is 24.0 Å². The van der Waals surface area contributed by atoms with Crippen molar-refractivity contribution in [2.75, 3.05) is 24.5 Å². The zero-order chi connectivity index (χ0) is 19.2. The number of aliphatic imine (C=N–C) groups is 1. The molecule has 2 aromatic rings. The molecule has 0 spiro atoms. The molecular weight excluding hydrogens is 477 g/mol. The molecule has 8 heteroatoms. The molecule has 0 saturated carbocycles. The van der Waals surface area contributed by atoms with Crippen LogP contribution in [0.5, 0.6) is 5.75 Å². The number of guanidine groups is 1. The van der Waals surface area contributed by atoms with E-state index in [2.05, 4.69) is 15.6 Å². The van der Waals surface area contributed by atoms with Gasteiger partial charge >= 0.3 is 0 Å². The summed E-state index contributed by atoms with van der Waals surface area (Å²) in [5.41, 5.74) is 1.41. The van der Waals surface area contributed by atoms with Gasteiger partial charge in [-0.15, -0.1) is 24.0 Å². The number of phenolic OH excluding ortho intramolecular Hbond substituents is 1. The first kappa shape index (κ1) is 22.2. The lowest BCUT2D eigenvalue weighted by molar-refractivity contribution is 0.475. The largest absolute Gasteiger partial charge is 0.508 e. The van der Waals surface area contributed by atoms with E-state index in [0.29, 0.717) is 31.3 Å². The molecule has 3 N–H and O–H groups in total. The molecule has 28 heavy (non-hydrogen) atoms. The van der Waals surface area contributed by atoms with Crippen LogP contribution >= 0.6 is 24.0 Å². The Bertz CT molecular complexity index is 801. The Balaban J connectivity index is 0.00000280. The molecule has 0 bridgehead atoms. The highest BCUT2D eigenvalue weighted by Crippen LogP contribution is 2.24. The van der Waals surface area contributed by atoms with Gasteiger partial charge in [-0.1, -0.05) is 12.1 Å². The number of anilines is 1. The molecule has 0 radical (unpaired) electrons. The van der Waals surface area contributed by atoms with Gasteiger partial charge in [0.25, 0.3) is 0 Å². The molecule has 1 saturated heterocycles. The highest BCUT2D eigenvalue weighted by atomic mass is 127. The Morgan fingerprint density at radius 3 is 2.64 bits per heavy atom. The topological polar surface area (TPSA) is 59.9 Å². The fourth-order valence-electron chi connectivity index (χ4n) is 3.12. The molecule has 1 aliphatic rings. The van der Waals surface area contributed by atoms with Gasteiger partial charge in [-0.2, -0.15) is 0 Å². The average Bonchev–Trinajstić information content (AvgIpc) is 3.09. The average molecular weight is 502 g/mol. The van der Waals surface area contributed by atoms with Crippen molar-refractivity contribution in [3.05, 3.63) is 59.7 Å². The minimum atomic E-state index is -0.569. The normalized spacial score (nSPS) is 16.6. The van der Waals surface area contributed by atoms with Crippen molar-refractivity contribution in [1.82, 2.24) is 10.6 Å². The Morgan fingerprint density at radius 2 is 1.96 bits per heavy atom. The van der Waals surface area contributed by atoms with Crippen LogP contribution in [0.2, 0.25) is 0 Å². The summed E-state index contributed by atoms with van der Waals surface area (Å²) < 4.78 is 27.1. The van der Waals surface area contributed by atoms with E-state index in [4.69, 9.17) is 0 Å². The number of benzene rings is 2. The van der Waals surface area contributed by atoms with E-state index in [9.17, 15) is 13.9 Å². The monoisotopic (exact) mass is 502 g/mol. The van der Waals surface area contributed by atoms with Crippen LogP contribution in [0.1, 0.15) is 18.9 Å². The van der Waals surface area contributed by atoms with E-state index >= 15 is 0 Å². The standard InChI is InChI=1S/C20H24F2N4O.HI/c1-2-23-20(24-12-14-3-6-17(27)7-4-14)25-16-9-10-26(13-16)19-8-5-15(21)11-18(19)22;/h3-8,11,16,27H,2,9-10,12-13H2,1H3,(H2,23,24,25);1H. The van der Waals surface area contributed by atoms with Crippen molar-refractivity contribution < 1.29 is 13.9 Å². The number of nitrogens with one attached hydrogen (secondary N) is 2. The van der Waals surface area contributed by atoms with E-state index in [1.54, 1.807) is 12.1 Å². The van der Waals surface area contributed by atoms with Gasteiger partial charge in [-0.25, -0.2) is 13.8 Å². The number of aromatic hydroxyl groups is 1. The predicted molar refractivity (Wildman–Crippen MR) is 118 cm³/mol. The summed E-state index contributed by atoms with van der Waals surface area (Å²) in [5.74, 6) is -0.187. The van der Waals surface area contributed by atoms with Crippen molar-refractivity contribution in [3.8, 4) is 5.75 Å². The molecule has 1 atom stereocenters. The van der Waals surface area contributed by atoms with Crippen LogP contribution in [0.4, 0.5) is 14.5 Å². The third-order valence-electron chi connectivity index (χ3n) is 4.48. The maximum atomic E-state index is 14.0. The molecule has 1 unspecified atom stereocenters. The van der Waals surface area contributed by atoms with Gasteiger partial charge in [-0.05, 0) is 43.2 Å². The van der Waals surface area contributed by atoms with Gasteiger partial charge in [0.1, 0.15) is 17.4 Å². The molecule has 1 fully saturated rings. The van der Waals surface area contributed by atoms with Gasteiger partial charge in [0.2, 0.25) is 0 Å². The number of nitrogens with zero attached hydrogens (tertiary/aromatic N) is 2. The molecule has 1 aliphatic heterocycles. The zero-order valence-electron chi connectivity index (χ0n) is 15.7. The van der Waals surface area contributed by atoms with Crippen molar-refractivity contribution in [2.45, 2.75) is 25.9 Å². The van der Waals surface area contributed by atoms with Gasteiger partial charge < -0.3 is 20.6 Å². The highest BCUT2D eigenvalue weighted by molar-refractivity contribution is 14.0. The molecule has 3 rings (SSSR count). The van der Waals surface area contributed by atoms with Crippen molar-refractivity contribution >= 4 is 35.6 Å². The Morgan fingerprint density at radius 1 is 1.21 bits per heavy atom. The Hall–Kier alpha value is -2.10. The minimum absolute atomic E-state index is 0. The SMILES string of the molecule is CCNC(=NCc1ccc(O)cc1)NC1CCN(c2ccc(F)cc2F)C1.I. The number of phenols is 1. The second-order valence-corrected chi connectivity index (χ2v) is 6.53. The van der Waals surface area contributed by atoms with E-state index in [1.165, 1.54) is 12.1 Å². The van der Waals surface area contributed by atoms with Crippen LogP contribution in [-0.4, -0.2) is 36.7 Å². The summed E-state index contributed by atoms with van der Waals surface area (Å²) in [6, 6.07) is 10.7. The van der Waals surface area contributed by atoms with Gasteiger partial charge in [0.05, 0.1) is 12.2 Å². The summed E-state index contributed by atoms with van der Waals surface area (Å²) >= 11 is 0. The van der Waals surface area contributed by atoms with E-state index in [-0.39, 0.29) is 35.8 Å². The maximum Gasteiger partial charge on any atom is 0.191 e. The van der Waals surface area contributed by atoms with Gasteiger partial charge in [-0.3, -0.25) is 0 Å². The van der Waals surface area contributed by atoms with Gasteiger partial charge in [0, 0.05) is 31.7 Å². The summed E-state index contributed by atoms with van der Waals surface area (Å²) in [6.07, 6.45) is 0.834. The molecule has 5 nitrogen and oxygen atoms in total. The van der Waals surface area contributed by atoms with Crippen LogP contribution in [0.25, 0.3) is 0 Å². The van der Waals surface area contributed by atoms with Crippen LogP contribution in [0, 0.1) is 11.6 Å². The minimum Gasteiger partial charge on any atom is -0.508 e. The smallest absolute Gasteiger partial charge is 0.191 e. The van der Waals surface area contributed by atoms with Crippen LogP contribution in [0.15, 0.2) is 47.5 Å². The first-order valence-electron chi connectivity index (χ1n) is 9.08. The summed E-state index contributed by atoms with van der Waals surface area (Å²) in [4.78, 5) is 6.49. The number of rotatable bonds is 5. The third-order valence-corrected chi connectivity index (χ3v) is 4.48. The summed E-state index contributed by atoms with van der Waals surface area (Å²) in [7, 11) is 0. The Labute approximate surface area is 180 Å². The fourth-order valence-corrected chi connectivity index (χ4v) is 3.12. The molecule has 0 aromatic heterocycles. The first-order valence-corrected chi connectivity index (χ1v) is 9.08. The molecule has 152 valence electrons. The molecular formula is C20H25F2IN4O. The molecule has 0 amide bonds. The van der Waals surface area contributed by atoms with Crippen LogP contribution < -0.4 is 15.5 Å². The zero-order valence-corrected chi connectivity index (χ0v) is 18.0. The van der Waals surface area contributed by atoms with Crippen molar-refractivity contribution in [3.63, 3.8) is 0 Å². The molecule has 2 aromatic carbocycles. The second-order valence-electron chi connectivity index (χ2n) is 6.53. The lowest BCUT2D eigenvalue weighted by Crippen LogP contribution is -2.44. The molecule has 1 heterocycles. The number of hydrogen-bond acceptors (Lipinski definition) is 3. The summed E-state index contributed by atoms with van der Waals surface area (Å²) in [6.45, 7) is 4.51. The predicted octanol–water partition coefficient (Wildman–Crippen LogP) is 3.62. The van der Waals surface area contributed by atoms with Crippen LogP contribution in [-0.2, 0) is 6.54 Å². The van der Waals surface area contributed by atoms with Crippen molar-refractivity contribution in [2.24, 2.45) is 4.99 Å². The summed E-state index contributed by atoms with van der Waals surface area (Å²) in [5, 5.41) is 15.9. The quantitative estimate of drug-likeness (QED) is 0.332. The number of hydrogen-bond donors (Lipinski definition) is 3. The lowest BCUT2D eigenvalue weighted by Gasteiger charge is -2.21. The Kier molecular flexibility index (Phi) is 8.28. The molecule has 0 aliphatic carbocycles. The number of halogens is 3. The fraction of sp³-hybridized carbons (Fsp3) is 0.350. The van der Waals surface area contributed by atoms with Gasteiger partial charge in [0.15, 0.2) is 5.96 Å². The van der Waals surface area contributed by atoms with Crippen LogP contribution in [0.3, 0.4) is 0 Å². The lowest BCUT2D eigenvalue weighted by atomic mass is 10.2. The van der Waals surface area contributed by atoms with E-state index in [0.717, 1.165) is 24.6 Å². The van der Waals surface area contributed by atoms with E-state index < -0.39 is 11.6 Å². The third kappa shape index (κ3) is 5.95. The second kappa shape index (κ2) is 10.4. The first-order chi connectivity index (χ1) is 13.0.